The van der Waals surface area contributed by atoms with Crippen molar-refractivity contribution < 1.29 is 13.2 Å². The molecule has 2 rings (SSSR count). The van der Waals surface area contributed by atoms with Gasteiger partial charge in [0.1, 0.15) is 16.6 Å². The van der Waals surface area contributed by atoms with Crippen molar-refractivity contribution in [1.29, 1.82) is 0 Å². The summed E-state index contributed by atoms with van der Waals surface area (Å²) in [6.07, 6.45) is 0. The number of ether oxygens (including phenoxy) is 1. The van der Waals surface area contributed by atoms with Gasteiger partial charge in [0.2, 0.25) is 10.0 Å². The molecule has 0 fully saturated rings. The van der Waals surface area contributed by atoms with Crippen molar-refractivity contribution in [2.75, 3.05) is 18.9 Å². The number of benzene rings is 1. The first-order chi connectivity index (χ1) is 9.08. The second kappa shape index (κ2) is 6.05. The predicted octanol–water partition coefficient (Wildman–Crippen LogP) is 1.69. The number of rotatable bonds is 6. The minimum absolute atomic E-state index is 0.213. The van der Waals surface area contributed by atoms with Gasteiger partial charge in [-0.05, 0) is 35.7 Å². The fraction of sp³-hybridized carbons (Fsp3) is 0.167. The van der Waals surface area contributed by atoms with Crippen LogP contribution in [-0.4, -0.2) is 21.6 Å². The van der Waals surface area contributed by atoms with Crippen LogP contribution >= 0.6 is 11.3 Å². The summed E-state index contributed by atoms with van der Waals surface area (Å²) in [7, 11) is -3.41. The number of anilines is 1. The van der Waals surface area contributed by atoms with Crippen LogP contribution in [0.2, 0.25) is 0 Å². The standard InChI is InChI=1S/C12H14N2O3S2/c13-10-3-5-11(6-4-10)17-8-7-14-19(15,16)12-2-1-9-18-12/h1-6,9,14H,7-8,13H2. The summed E-state index contributed by atoms with van der Waals surface area (Å²) in [5.74, 6) is 0.657. The Balaban J connectivity index is 1.80. The van der Waals surface area contributed by atoms with Crippen molar-refractivity contribution in [1.82, 2.24) is 4.72 Å². The van der Waals surface area contributed by atoms with E-state index in [9.17, 15) is 8.42 Å². The molecule has 1 aromatic heterocycles. The molecule has 5 nitrogen and oxygen atoms in total. The van der Waals surface area contributed by atoms with Gasteiger partial charge >= 0.3 is 0 Å². The van der Waals surface area contributed by atoms with Crippen LogP contribution in [-0.2, 0) is 10.0 Å². The molecule has 0 aliphatic heterocycles. The van der Waals surface area contributed by atoms with Crippen molar-refractivity contribution in [3.63, 3.8) is 0 Å². The van der Waals surface area contributed by atoms with Crippen molar-refractivity contribution in [2.45, 2.75) is 4.21 Å². The molecule has 0 bridgehead atoms. The maximum Gasteiger partial charge on any atom is 0.250 e. The van der Waals surface area contributed by atoms with E-state index in [1.807, 2.05) is 0 Å². The number of hydrogen-bond donors (Lipinski definition) is 2. The lowest BCUT2D eigenvalue weighted by molar-refractivity contribution is 0.323. The summed E-state index contributed by atoms with van der Waals surface area (Å²) in [5.41, 5.74) is 6.20. The molecule has 0 atom stereocenters. The minimum atomic E-state index is -3.41. The van der Waals surface area contributed by atoms with Gasteiger partial charge in [0.05, 0.1) is 0 Å². The van der Waals surface area contributed by atoms with E-state index < -0.39 is 10.0 Å². The smallest absolute Gasteiger partial charge is 0.250 e. The molecule has 0 saturated heterocycles. The molecule has 19 heavy (non-hydrogen) atoms. The van der Waals surface area contributed by atoms with Crippen LogP contribution in [0.25, 0.3) is 0 Å². The maximum atomic E-state index is 11.8. The molecule has 0 spiro atoms. The highest BCUT2D eigenvalue weighted by atomic mass is 32.2. The van der Waals surface area contributed by atoms with Crippen LogP contribution in [0.4, 0.5) is 5.69 Å². The lowest BCUT2D eigenvalue weighted by Crippen LogP contribution is -2.27. The van der Waals surface area contributed by atoms with Crippen LogP contribution in [0.3, 0.4) is 0 Å². The predicted molar refractivity (Wildman–Crippen MR) is 75.9 cm³/mol. The van der Waals surface area contributed by atoms with Gasteiger partial charge in [-0.25, -0.2) is 13.1 Å². The molecule has 0 unspecified atom stereocenters. The molecule has 0 aliphatic carbocycles. The normalized spacial score (nSPS) is 11.4. The summed E-state index contributed by atoms with van der Waals surface area (Å²) >= 11 is 1.18. The number of nitrogens with one attached hydrogen (secondary N) is 1. The van der Waals surface area contributed by atoms with Crippen LogP contribution in [0.15, 0.2) is 46.0 Å². The molecular formula is C12H14N2O3S2. The molecule has 0 amide bonds. The topological polar surface area (TPSA) is 81.4 Å². The van der Waals surface area contributed by atoms with Gasteiger partial charge in [0.15, 0.2) is 0 Å². The highest BCUT2D eigenvalue weighted by molar-refractivity contribution is 7.91. The Bertz CT molecular complexity index is 607. The Morgan fingerprint density at radius 1 is 1.21 bits per heavy atom. The molecular weight excluding hydrogens is 284 g/mol. The van der Waals surface area contributed by atoms with Crippen molar-refractivity contribution in [2.24, 2.45) is 0 Å². The van der Waals surface area contributed by atoms with E-state index in [1.54, 1.807) is 41.8 Å². The molecule has 0 radical (unpaired) electrons. The zero-order valence-corrected chi connectivity index (χ0v) is 11.7. The number of nitrogen functional groups attached to an aromatic ring is 1. The lowest BCUT2D eigenvalue weighted by atomic mass is 10.3. The number of nitrogens with two attached hydrogens (primary N) is 1. The number of hydrogen-bond acceptors (Lipinski definition) is 5. The van der Waals surface area contributed by atoms with E-state index in [0.29, 0.717) is 15.6 Å². The Morgan fingerprint density at radius 3 is 2.58 bits per heavy atom. The molecule has 0 saturated carbocycles. The van der Waals surface area contributed by atoms with Gasteiger partial charge in [-0.2, -0.15) is 0 Å². The highest BCUT2D eigenvalue weighted by Crippen LogP contribution is 2.15. The first-order valence-corrected chi connectivity index (χ1v) is 7.96. The molecule has 102 valence electrons. The fourth-order valence-electron chi connectivity index (χ4n) is 1.40. The Kier molecular flexibility index (Phi) is 4.41. The Morgan fingerprint density at radius 2 is 1.95 bits per heavy atom. The van der Waals surface area contributed by atoms with Gasteiger partial charge in [0.25, 0.3) is 0 Å². The molecule has 1 heterocycles. The van der Waals surface area contributed by atoms with Gasteiger partial charge < -0.3 is 10.5 Å². The second-order valence-electron chi connectivity index (χ2n) is 3.75. The first-order valence-electron chi connectivity index (χ1n) is 5.59. The molecule has 3 N–H and O–H groups in total. The van der Waals surface area contributed by atoms with Crippen LogP contribution in [0, 0.1) is 0 Å². The SMILES string of the molecule is Nc1ccc(OCCNS(=O)(=O)c2cccs2)cc1. The molecule has 1 aromatic carbocycles. The average molecular weight is 298 g/mol. The van der Waals surface area contributed by atoms with Crippen LogP contribution in [0.5, 0.6) is 5.75 Å². The van der Waals surface area contributed by atoms with E-state index >= 15 is 0 Å². The third-order valence-corrected chi connectivity index (χ3v) is 5.16. The largest absolute Gasteiger partial charge is 0.492 e. The summed E-state index contributed by atoms with van der Waals surface area (Å²) in [6, 6.07) is 10.2. The van der Waals surface area contributed by atoms with Crippen LogP contribution in [0.1, 0.15) is 0 Å². The third-order valence-electron chi connectivity index (χ3n) is 2.30. The lowest BCUT2D eigenvalue weighted by Gasteiger charge is -2.07. The minimum Gasteiger partial charge on any atom is -0.492 e. The molecule has 2 aromatic rings. The van der Waals surface area contributed by atoms with Crippen LogP contribution < -0.4 is 15.2 Å². The summed E-state index contributed by atoms with van der Waals surface area (Å²) in [4.78, 5) is 0. The van der Waals surface area contributed by atoms with Gasteiger partial charge in [-0.1, -0.05) is 6.07 Å². The zero-order valence-electron chi connectivity index (χ0n) is 10.1. The zero-order chi connectivity index (χ0) is 13.7. The second-order valence-corrected chi connectivity index (χ2v) is 6.69. The summed E-state index contributed by atoms with van der Waals surface area (Å²) < 4.78 is 31.7. The molecule has 7 heteroatoms. The van der Waals surface area contributed by atoms with Gasteiger partial charge in [0, 0.05) is 12.2 Å². The van der Waals surface area contributed by atoms with E-state index in [-0.39, 0.29) is 13.2 Å². The van der Waals surface area contributed by atoms with E-state index in [4.69, 9.17) is 10.5 Å². The monoisotopic (exact) mass is 298 g/mol. The summed E-state index contributed by atoms with van der Waals surface area (Å²) in [6.45, 7) is 0.471. The Labute approximate surface area is 116 Å². The third kappa shape index (κ3) is 3.95. The van der Waals surface area contributed by atoms with E-state index in [0.717, 1.165) is 0 Å². The quantitative estimate of drug-likeness (QED) is 0.628. The fourth-order valence-corrected chi connectivity index (χ4v) is 3.45. The first kappa shape index (κ1) is 13.9. The Hall–Kier alpha value is -1.57. The molecule has 0 aliphatic rings. The van der Waals surface area contributed by atoms with E-state index in [2.05, 4.69) is 4.72 Å². The van der Waals surface area contributed by atoms with Crippen molar-refractivity contribution in [3.05, 3.63) is 41.8 Å². The van der Waals surface area contributed by atoms with Gasteiger partial charge in [-0.15, -0.1) is 11.3 Å². The highest BCUT2D eigenvalue weighted by Gasteiger charge is 2.13. The number of thiophene rings is 1. The maximum absolute atomic E-state index is 11.8. The van der Waals surface area contributed by atoms with Gasteiger partial charge in [-0.3, -0.25) is 0 Å². The van der Waals surface area contributed by atoms with Crippen molar-refractivity contribution >= 4 is 27.0 Å². The average Bonchev–Trinajstić information content (AvgIpc) is 2.91. The van der Waals surface area contributed by atoms with Crippen molar-refractivity contribution in [3.8, 4) is 5.75 Å². The number of sulfonamides is 1. The summed E-state index contributed by atoms with van der Waals surface area (Å²) in [5, 5.41) is 1.72. The van der Waals surface area contributed by atoms with E-state index in [1.165, 1.54) is 11.3 Å².